The van der Waals surface area contributed by atoms with Gasteiger partial charge in [0.05, 0.1) is 21.5 Å². The highest BCUT2D eigenvalue weighted by molar-refractivity contribution is 5.96. The van der Waals surface area contributed by atoms with E-state index in [1.54, 1.807) is 13.8 Å². The van der Waals surface area contributed by atoms with Gasteiger partial charge in [-0.15, -0.1) is 0 Å². The van der Waals surface area contributed by atoms with Gasteiger partial charge < -0.3 is 4.74 Å². The summed E-state index contributed by atoms with van der Waals surface area (Å²) in [6.45, 7) is 3.46. The molecular formula is C13H12N2O6. The topological polar surface area (TPSA) is 113 Å². The number of nitro benzene ring substituents is 2. The summed E-state index contributed by atoms with van der Waals surface area (Å²) in [4.78, 5) is 31.9. The number of cyclic esters (lactones) is 1. The number of hydrogen-bond donors (Lipinski definition) is 0. The first kappa shape index (κ1) is 14.6. The fourth-order valence-electron chi connectivity index (χ4n) is 2.11. The van der Waals surface area contributed by atoms with E-state index in [2.05, 4.69) is 0 Å². The molecule has 0 aliphatic carbocycles. The third-order valence-electron chi connectivity index (χ3n) is 3.00. The third kappa shape index (κ3) is 3.04. The van der Waals surface area contributed by atoms with E-state index in [0.717, 1.165) is 12.1 Å². The van der Waals surface area contributed by atoms with Gasteiger partial charge in [0.2, 0.25) is 0 Å². The first-order chi connectivity index (χ1) is 9.69. The van der Waals surface area contributed by atoms with Gasteiger partial charge in [-0.25, -0.2) is 4.79 Å². The molecule has 1 saturated heterocycles. The van der Waals surface area contributed by atoms with Crippen molar-refractivity contribution in [1.29, 1.82) is 0 Å². The van der Waals surface area contributed by atoms with Crippen molar-refractivity contribution >= 4 is 23.4 Å². The Morgan fingerprint density at radius 2 is 1.90 bits per heavy atom. The molecule has 1 aromatic rings. The van der Waals surface area contributed by atoms with E-state index in [4.69, 9.17) is 4.74 Å². The first-order valence-electron chi connectivity index (χ1n) is 6.06. The summed E-state index contributed by atoms with van der Waals surface area (Å²) >= 11 is 0. The maximum atomic E-state index is 11.7. The molecule has 0 amide bonds. The molecule has 0 unspecified atom stereocenters. The second kappa shape index (κ2) is 4.97. The Balaban J connectivity index is 2.47. The molecule has 1 aliphatic heterocycles. The molecule has 0 radical (unpaired) electrons. The highest BCUT2D eigenvalue weighted by atomic mass is 16.6. The number of non-ortho nitro benzene ring substituents is 1. The van der Waals surface area contributed by atoms with Crippen LogP contribution in [0.2, 0.25) is 0 Å². The Morgan fingerprint density at radius 3 is 2.38 bits per heavy atom. The van der Waals surface area contributed by atoms with Gasteiger partial charge in [-0.05, 0) is 26.0 Å². The van der Waals surface area contributed by atoms with Gasteiger partial charge in [-0.3, -0.25) is 20.2 Å². The monoisotopic (exact) mass is 292 g/mol. The smallest absolute Gasteiger partial charge is 0.334 e. The first-order valence-corrected chi connectivity index (χ1v) is 6.06. The summed E-state index contributed by atoms with van der Waals surface area (Å²) < 4.78 is 5.11. The van der Waals surface area contributed by atoms with Crippen LogP contribution in [0, 0.1) is 20.2 Å². The van der Waals surface area contributed by atoms with E-state index in [1.807, 2.05) is 0 Å². The lowest BCUT2D eigenvalue weighted by atomic mass is 10.00. The van der Waals surface area contributed by atoms with Crippen LogP contribution in [0.1, 0.15) is 25.8 Å². The zero-order valence-electron chi connectivity index (χ0n) is 11.4. The van der Waals surface area contributed by atoms with Crippen LogP contribution in [0.5, 0.6) is 0 Å². The number of nitro groups is 2. The summed E-state index contributed by atoms with van der Waals surface area (Å²) in [5.74, 6) is -0.535. The number of carbonyl (C=O) groups excluding carboxylic acids is 1. The predicted molar refractivity (Wildman–Crippen MR) is 72.5 cm³/mol. The minimum atomic E-state index is -0.717. The standard InChI is InChI=1S/C13H12N2O6/c1-13(2)7-9(12(16)21-13)5-8-3-4-10(14(17)18)6-11(8)15(19)20/h3-6H,7H2,1-2H3. The fraction of sp³-hybridized carbons (Fsp3) is 0.308. The van der Waals surface area contributed by atoms with E-state index in [0.29, 0.717) is 12.0 Å². The Labute approximate surface area is 119 Å². The Morgan fingerprint density at radius 1 is 1.24 bits per heavy atom. The lowest BCUT2D eigenvalue weighted by molar-refractivity contribution is -0.394. The molecule has 0 atom stereocenters. The van der Waals surface area contributed by atoms with E-state index in [1.165, 1.54) is 12.1 Å². The van der Waals surface area contributed by atoms with Gasteiger partial charge in [0.1, 0.15) is 5.60 Å². The van der Waals surface area contributed by atoms with Crippen LogP contribution in [0.15, 0.2) is 23.8 Å². The minimum Gasteiger partial charge on any atom is -0.456 e. The largest absolute Gasteiger partial charge is 0.456 e. The van der Waals surface area contributed by atoms with E-state index < -0.39 is 27.1 Å². The number of esters is 1. The van der Waals surface area contributed by atoms with Crippen molar-refractivity contribution in [3.05, 3.63) is 49.6 Å². The molecule has 110 valence electrons. The zero-order valence-corrected chi connectivity index (χ0v) is 11.4. The number of carbonyl (C=O) groups is 1. The molecular weight excluding hydrogens is 280 g/mol. The lowest BCUT2D eigenvalue weighted by Crippen LogP contribution is -2.17. The van der Waals surface area contributed by atoms with Gasteiger partial charge >= 0.3 is 5.97 Å². The van der Waals surface area contributed by atoms with Crippen molar-refractivity contribution in [2.45, 2.75) is 25.9 Å². The third-order valence-corrected chi connectivity index (χ3v) is 3.00. The Kier molecular flexibility index (Phi) is 3.46. The second-order valence-electron chi connectivity index (χ2n) is 5.25. The molecule has 0 aromatic heterocycles. The normalized spacial score (nSPS) is 18.6. The van der Waals surface area contributed by atoms with Crippen molar-refractivity contribution in [2.24, 2.45) is 0 Å². The molecule has 1 heterocycles. The molecule has 2 rings (SSSR count). The highest BCUT2D eigenvalue weighted by Crippen LogP contribution is 2.33. The molecule has 1 fully saturated rings. The van der Waals surface area contributed by atoms with E-state index in [-0.39, 0.29) is 11.3 Å². The average Bonchev–Trinajstić information content (AvgIpc) is 2.62. The SMILES string of the molecule is CC1(C)CC(=Cc2ccc([N+](=O)[O-])cc2[N+](=O)[O-])C(=O)O1. The molecule has 0 spiro atoms. The van der Waals surface area contributed by atoms with Crippen LogP contribution < -0.4 is 0 Å². The van der Waals surface area contributed by atoms with Crippen molar-refractivity contribution in [3.8, 4) is 0 Å². The second-order valence-corrected chi connectivity index (χ2v) is 5.25. The van der Waals surface area contributed by atoms with Crippen LogP contribution in [-0.2, 0) is 9.53 Å². The van der Waals surface area contributed by atoms with Crippen LogP contribution in [0.3, 0.4) is 0 Å². The average molecular weight is 292 g/mol. The summed E-state index contributed by atoms with van der Waals surface area (Å²) in [5.41, 5.74) is -1.02. The molecule has 8 heteroatoms. The number of rotatable bonds is 3. The van der Waals surface area contributed by atoms with Gasteiger partial charge in [0, 0.05) is 18.1 Å². The van der Waals surface area contributed by atoms with Crippen molar-refractivity contribution in [1.82, 2.24) is 0 Å². The number of ether oxygens (including phenoxy) is 1. The minimum absolute atomic E-state index is 0.134. The molecule has 0 N–H and O–H groups in total. The van der Waals surface area contributed by atoms with Crippen LogP contribution >= 0.6 is 0 Å². The maximum Gasteiger partial charge on any atom is 0.334 e. The van der Waals surface area contributed by atoms with Gasteiger partial charge in [0.25, 0.3) is 11.4 Å². The lowest BCUT2D eigenvalue weighted by Gasteiger charge is -2.13. The number of benzene rings is 1. The molecule has 1 aliphatic rings. The van der Waals surface area contributed by atoms with Crippen LogP contribution in [0.25, 0.3) is 6.08 Å². The van der Waals surface area contributed by atoms with E-state index >= 15 is 0 Å². The van der Waals surface area contributed by atoms with Crippen molar-refractivity contribution in [2.75, 3.05) is 0 Å². The van der Waals surface area contributed by atoms with Gasteiger partial charge in [-0.1, -0.05) is 0 Å². The maximum absolute atomic E-state index is 11.7. The summed E-state index contributed by atoms with van der Waals surface area (Å²) in [6, 6.07) is 3.28. The summed E-state index contributed by atoms with van der Waals surface area (Å²) in [6.07, 6.45) is 1.67. The molecule has 21 heavy (non-hydrogen) atoms. The summed E-state index contributed by atoms with van der Waals surface area (Å²) in [7, 11) is 0. The highest BCUT2D eigenvalue weighted by Gasteiger charge is 2.35. The van der Waals surface area contributed by atoms with Crippen molar-refractivity contribution < 1.29 is 19.4 Å². The zero-order chi connectivity index (χ0) is 15.8. The van der Waals surface area contributed by atoms with Crippen molar-refractivity contribution in [3.63, 3.8) is 0 Å². The van der Waals surface area contributed by atoms with E-state index in [9.17, 15) is 25.0 Å². The molecule has 1 aromatic carbocycles. The number of nitrogens with zero attached hydrogens (tertiary/aromatic N) is 2. The molecule has 0 bridgehead atoms. The summed E-state index contributed by atoms with van der Waals surface area (Å²) in [5, 5.41) is 21.7. The molecule has 0 saturated carbocycles. The number of hydrogen-bond acceptors (Lipinski definition) is 6. The Hall–Kier alpha value is -2.77. The van der Waals surface area contributed by atoms with Crippen LogP contribution in [0.4, 0.5) is 11.4 Å². The van der Waals surface area contributed by atoms with Crippen LogP contribution in [-0.4, -0.2) is 21.4 Å². The quantitative estimate of drug-likeness (QED) is 0.366. The fourth-order valence-corrected chi connectivity index (χ4v) is 2.11. The van der Waals surface area contributed by atoms with Gasteiger partial charge in [-0.2, -0.15) is 0 Å². The van der Waals surface area contributed by atoms with Gasteiger partial charge in [0.15, 0.2) is 0 Å². The predicted octanol–water partition coefficient (Wildman–Crippen LogP) is 2.61. The Bertz CT molecular complexity index is 677. The molecule has 8 nitrogen and oxygen atoms in total.